The van der Waals surface area contributed by atoms with E-state index in [2.05, 4.69) is 15.6 Å². The van der Waals surface area contributed by atoms with Gasteiger partial charge in [0.2, 0.25) is 0 Å². The Kier molecular flexibility index (Phi) is 5.91. The number of fused-ring (bicyclic) bond motifs is 1. The molecule has 6 nitrogen and oxygen atoms in total. The van der Waals surface area contributed by atoms with Crippen LogP contribution in [-0.4, -0.2) is 44.2 Å². The standard InChI is InChI=1S/C19H29N3O3/c1-25-13-19(7-9-20-10-8-19)12-21-17(23)15-11-14-5-3-2-4-6-16(14)22-18(15)24/h11,20H,2-10,12-13H2,1H3,(H,21,23)(H,22,24). The minimum absolute atomic E-state index is 0.0475. The average Bonchev–Trinajstić information content (AvgIpc) is 2.85. The maximum absolute atomic E-state index is 12.6. The largest absolute Gasteiger partial charge is 0.384 e. The molecule has 0 saturated carbocycles. The van der Waals surface area contributed by atoms with E-state index < -0.39 is 0 Å². The predicted molar refractivity (Wildman–Crippen MR) is 97.1 cm³/mol. The molecule has 2 heterocycles. The summed E-state index contributed by atoms with van der Waals surface area (Å²) in [6.45, 7) is 3.02. The highest BCUT2D eigenvalue weighted by molar-refractivity contribution is 5.94. The highest BCUT2D eigenvalue weighted by Gasteiger charge is 2.32. The van der Waals surface area contributed by atoms with Gasteiger partial charge in [-0.25, -0.2) is 0 Å². The van der Waals surface area contributed by atoms with E-state index in [0.717, 1.165) is 62.9 Å². The number of ether oxygens (including phenoxy) is 1. The summed E-state index contributed by atoms with van der Waals surface area (Å²) in [5, 5.41) is 6.33. The van der Waals surface area contributed by atoms with Gasteiger partial charge in [-0.15, -0.1) is 0 Å². The first-order valence-electron chi connectivity index (χ1n) is 9.36. The summed E-state index contributed by atoms with van der Waals surface area (Å²) in [5.74, 6) is -0.276. The Balaban J connectivity index is 1.72. The van der Waals surface area contributed by atoms with Crippen LogP contribution >= 0.6 is 0 Å². The van der Waals surface area contributed by atoms with Gasteiger partial charge in [-0.2, -0.15) is 0 Å². The van der Waals surface area contributed by atoms with E-state index in [4.69, 9.17) is 4.74 Å². The molecule has 0 radical (unpaired) electrons. The van der Waals surface area contributed by atoms with Crippen LogP contribution in [0.1, 0.15) is 53.7 Å². The number of aryl methyl sites for hydroxylation is 2. The van der Waals surface area contributed by atoms with Crippen molar-refractivity contribution in [3.63, 3.8) is 0 Å². The molecule has 2 aliphatic rings. The summed E-state index contributed by atoms with van der Waals surface area (Å²) in [5.41, 5.74) is 2.05. The van der Waals surface area contributed by atoms with Crippen LogP contribution in [0.25, 0.3) is 0 Å². The van der Waals surface area contributed by atoms with Crippen LogP contribution in [0.2, 0.25) is 0 Å². The van der Waals surface area contributed by atoms with Crippen molar-refractivity contribution >= 4 is 5.91 Å². The van der Waals surface area contributed by atoms with Crippen molar-refractivity contribution in [1.29, 1.82) is 0 Å². The molecule has 1 aliphatic heterocycles. The van der Waals surface area contributed by atoms with Crippen LogP contribution < -0.4 is 16.2 Å². The van der Waals surface area contributed by atoms with Crippen molar-refractivity contribution in [2.24, 2.45) is 5.41 Å². The molecule has 1 amide bonds. The molecule has 1 aliphatic carbocycles. The number of amides is 1. The summed E-state index contributed by atoms with van der Waals surface area (Å²) in [7, 11) is 1.70. The highest BCUT2D eigenvalue weighted by Crippen LogP contribution is 2.28. The van der Waals surface area contributed by atoms with Crippen LogP contribution in [0.15, 0.2) is 10.9 Å². The molecule has 1 aromatic rings. The first-order chi connectivity index (χ1) is 12.1. The lowest BCUT2D eigenvalue weighted by Crippen LogP contribution is -2.47. The summed E-state index contributed by atoms with van der Waals surface area (Å²) in [6.07, 6.45) is 7.14. The first-order valence-corrected chi connectivity index (χ1v) is 9.36. The molecule has 3 rings (SSSR count). The van der Waals surface area contributed by atoms with Crippen LogP contribution in [-0.2, 0) is 17.6 Å². The normalized spacial score (nSPS) is 19.7. The Morgan fingerprint density at radius 3 is 2.76 bits per heavy atom. The Morgan fingerprint density at radius 1 is 1.24 bits per heavy atom. The molecule has 0 spiro atoms. The number of hydrogen-bond acceptors (Lipinski definition) is 4. The zero-order valence-electron chi connectivity index (χ0n) is 15.1. The maximum atomic E-state index is 12.6. The van der Waals surface area contributed by atoms with Crippen LogP contribution in [0.3, 0.4) is 0 Å². The summed E-state index contributed by atoms with van der Waals surface area (Å²) in [4.78, 5) is 27.9. The summed E-state index contributed by atoms with van der Waals surface area (Å²) >= 11 is 0. The van der Waals surface area contributed by atoms with Gasteiger partial charge >= 0.3 is 0 Å². The minimum Gasteiger partial charge on any atom is -0.384 e. The van der Waals surface area contributed by atoms with Gasteiger partial charge in [0.25, 0.3) is 11.5 Å². The zero-order valence-corrected chi connectivity index (χ0v) is 15.1. The molecule has 3 N–H and O–H groups in total. The zero-order chi connectivity index (χ0) is 17.7. The second kappa shape index (κ2) is 8.15. The molecule has 0 bridgehead atoms. The van der Waals surface area contributed by atoms with Gasteiger partial charge in [-0.3, -0.25) is 9.59 Å². The first kappa shape index (κ1) is 18.1. The third-order valence-electron chi connectivity index (χ3n) is 5.57. The van der Waals surface area contributed by atoms with Crippen molar-refractivity contribution < 1.29 is 9.53 Å². The van der Waals surface area contributed by atoms with Gasteiger partial charge in [0.15, 0.2) is 0 Å². The smallest absolute Gasteiger partial charge is 0.261 e. The number of aromatic nitrogens is 1. The van der Waals surface area contributed by atoms with Crippen molar-refractivity contribution in [1.82, 2.24) is 15.6 Å². The van der Waals surface area contributed by atoms with Gasteiger partial charge in [-0.1, -0.05) is 6.42 Å². The molecule has 1 saturated heterocycles. The molecule has 25 heavy (non-hydrogen) atoms. The average molecular weight is 347 g/mol. The van der Waals surface area contributed by atoms with Crippen LogP contribution in [0, 0.1) is 5.41 Å². The number of carbonyl (C=O) groups excluding carboxylic acids is 1. The molecule has 1 fully saturated rings. The molecule has 0 atom stereocenters. The number of nitrogens with one attached hydrogen (secondary N) is 3. The number of carbonyl (C=O) groups is 1. The number of aromatic amines is 1. The second-order valence-electron chi connectivity index (χ2n) is 7.44. The number of piperidine rings is 1. The number of pyridine rings is 1. The van der Waals surface area contributed by atoms with Crippen LogP contribution in [0.4, 0.5) is 0 Å². The molecule has 138 valence electrons. The van der Waals surface area contributed by atoms with E-state index in [1.54, 1.807) is 13.2 Å². The van der Waals surface area contributed by atoms with Gasteiger partial charge in [-0.05, 0) is 63.2 Å². The predicted octanol–water partition coefficient (Wildman–Crippen LogP) is 1.39. The van der Waals surface area contributed by atoms with Gasteiger partial charge in [0.05, 0.1) is 6.61 Å². The Labute approximate surface area is 148 Å². The summed E-state index contributed by atoms with van der Waals surface area (Å²) in [6, 6.07) is 1.81. The minimum atomic E-state index is -0.276. The van der Waals surface area contributed by atoms with E-state index in [1.807, 2.05) is 0 Å². The monoisotopic (exact) mass is 347 g/mol. The SMILES string of the molecule is COCC1(CNC(=O)c2cc3c([nH]c2=O)CCCCC3)CCNCC1. The number of rotatable bonds is 5. The molecule has 6 heteroatoms. The van der Waals surface area contributed by atoms with Crippen LogP contribution in [0.5, 0.6) is 0 Å². The van der Waals surface area contributed by atoms with Crippen molar-refractivity contribution in [3.8, 4) is 0 Å². The number of methoxy groups -OCH3 is 1. The van der Waals surface area contributed by atoms with E-state index in [9.17, 15) is 9.59 Å². The van der Waals surface area contributed by atoms with E-state index in [1.165, 1.54) is 6.42 Å². The van der Waals surface area contributed by atoms with Crippen molar-refractivity contribution in [2.75, 3.05) is 33.4 Å². The molecule has 0 unspecified atom stereocenters. The number of H-pyrrole nitrogens is 1. The lowest BCUT2D eigenvalue weighted by molar-refractivity contribution is 0.0511. The molecular weight excluding hydrogens is 318 g/mol. The quantitative estimate of drug-likeness (QED) is 0.703. The van der Waals surface area contributed by atoms with Gasteiger partial charge in [0.1, 0.15) is 5.56 Å². The highest BCUT2D eigenvalue weighted by atomic mass is 16.5. The van der Waals surface area contributed by atoms with Gasteiger partial charge < -0.3 is 20.4 Å². The topological polar surface area (TPSA) is 83.2 Å². The van der Waals surface area contributed by atoms with E-state index in [-0.39, 0.29) is 22.4 Å². The molecule has 0 aromatic carbocycles. The number of hydrogen-bond donors (Lipinski definition) is 3. The van der Waals surface area contributed by atoms with Gasteiger partial charge in [0, 0.05) is 24.8 Å². The van der Waals surface area contributed by atoms with E-state index >= 15 is 0 Å². The third kappa shape index (κ3) is 4.30. The lowest BCUT2D eigenvalue weighted by Gasteiger charge is -2.37. The fraction of sp³-hybridized carbons (Fsp3) is 0.684. The Morgan fingerprint density at radius 2 is 2.00 bits per heavy atom. The Bertz CT molecular complexity index is 657. The molecular formula is C19H29N3O3. The molecule has 1 aromatic heterocycles. The van der Waals surface area contributed by atoms with Crippen molar-refractivity contribution in [3.05, 3.63) is 33.2 Å². The maximum Gasteiger partial charge on any atom is 0.261 e. The van der Waals surface area contributed by atoms with E-state index in [0.29, 0.717) is 13.2 Å². The second-order valence-corrected chi connectivity index (χ2v) is 7.44. The van der Waals surface area contributed by atoms with Crippen molar-refractivity contribution in [2.45, 2.75) is 44.9 Å². The fourth-order valence-corrected chi connectivity index (χ4v) is 4.02. The summed E-state index contributed by atoms with van der Waals surface area (Å²) < 4.78 is 5.39. The lowest BCUT2D eigenvalue weighted by atomic mass is 9.79. The fourth-order valence-electron chi connectivity index (χ4n) is 4.02. The Hall–Kier alpha value is -1.66. The third-order valence-corrected chi connectivity index (χ3v) is 5.57.